The Kier molecular flexibility index (Phi) is 5.74. The molecule has 1 aliphatic heterocycles. The Labute approximate surface area is 139 Å². The van der Waals surface area contributed by atoms with Gasteiger partial charge in [0.1, 0.15) is 0 Å². The van der Waals surface area contributed by atoms with Crippen molar-refractivity contribution < 1.29 is 9.47 Å². The van der Waals surface area contributed by atoms with E-state index in [1.165, 1.54) is 12.2 Å². The summed E-state index contributed by atoms with van der Waals surface area (Å²) in [7, 11) is 0. The fourth-order valence-corrected chi connectivity index (χ4v) is 2.45. The number of nitrogens with zero attached hydrogens (tertiary/aromatic N) is 3. The predicted molar refractivity (Wildman–Crippen MR) is 89.4 cm³/mol. The van der Waals surface area contributed by atoms with Gasteiger partial charge in [-0.3, -0.25) is 0 Å². The third-order valence-electron chi connectivity index (χ3n) is 3.82. The molecular formula is C16H23N3O5. The largest absolute Gasteiger partial charge is 0.380 e. The van der Waals surface area contributed by atoms with E-state index in [1.54, 1.807) is 0 Å². The van der Waals surface area contributed by atoms with Gasteiger partial charge in [0.15, 0.2) is 0 Å². The minimum atomic E-state index is -0.666. The molecule has 0 saturated carbocycles. The quantitative estimate of drug-likeness (QED) is 0.452. The molecule has 1 saturated heterocycles. The Balaban J connectivity index is 2.22. The van der Waals surface area contributed by atoms with Crippen molar-refractivity contribution in [2.75, 3.05) is 26.4 Å². The molecule has 2 rings (SSSR count). The number of hydrogen-bond acceptors (Lipinski definition) is 5. The summed E-state index contributed by atoms with van der Waals surface area (Å²) >= 11 is 0. The lowest BCUT2D eigenvalue weighted by molar-refractivity contribution is -0.138. The fraction of sp³-hybridized carbons (Fsp3) is 0.562. The average Bonchev–Trinajstić information content (AvgIpc) is 2.53. The van der Waals surface area contributed by atoms with Crippen LogP contribution in [0.4, 0.5) is 0 Å². The molecule has 8 heteroatoms. The van der Waals surface area contributed by atoms with Gasteiger partial charge in [0, 0.05) is 5.41 Å². The van der Waals surface area contributed by atoms with Crippen molar-refractivity contribution in [2.24, 2.45) is 5.41 Å². The van der Waals surface area contributed by atoms with Gasteiger partial charge in [0.2, 0.25) is 0 Å². The van der Waals surface area contributed by atoms with Gasteiger partial charge < -0.3 is 9.47 Å². The van der Waals surface area contributed by atoms with E-state index in [-0.39, 0.29) is 31.7 Å². The van der Waals surface area contributed by atoms with Gasteiger partial charge >= 0.3 is 17.1 Å². The Morgan fingerprint density at radius 3 is 1.96 bits per heavy atom. The highest BCUT2D eigenvalue weighted by atomic mass is 16.5. The first-order valence-corrected chi connectivity index (χ1v) is 7.75. The minimum absolute atomic E-state index is 0.00433. The molecule has 0 bridgehead atoms. The van der Waals surface area contributed by atoms with Crippen LogP contribution >= 0.6 is 0 Å². The lowest BCUT2D eigenvalue weighted by Crippen LogP contribution is -2.54. The van der Waals surface area contributed by atoms with Crippen LogP contribution in [0.3, 0.4) is 0 Å². The topological polar surface area (TPSA) is 84.5 Å². The van der Waals surface area contributed by atoms with Crippen molar-refractivity contribution in [3.63, 3.8) is 0 Å². The molecule has 1 aromatic heterocycles. The normalized spacial score (nSPS) is 15.7. The van der Waals surface area contributed by atoms with Crippen LogP contribution in [0.25, 0.3) is 0 Å². The highest BCUT2D eigenvalue weighted by Crippen LogP contribution is 2.26. The Bertz CT molecular complexity index is 734. The standard InChI is InChI=1S/C16H23N3O5/c1-4-6-17-13(20)18(7-5-2)15(22)19(14(17)21)8-9-23-10-16(3)11-24-12-16/h4-5H,1-2,6-12H2,3H3. The summed E-state index contributed by atoms with van der Waals surface area (Å²) in [6.45, 7) is 11.2. The molecule has 132 valence electrons. The second kappa shape index (κ2) is 7.59. The number of rotatable bonds is 9. The molecule has 0 aromatic carbocycles. The van der Waals surface area contributed by atoms with Crippen LogP contribution in [0.1, 0.15) is 6.92 Å². The van der Waals surface area contributed by atoms with Crippen LogP contribution in [-0.2, 0) is 29.1 Å². The van der Waals surface area contributed by atoms with Crippen molar-refractivity contribution >= 4 is 0 Å². The fourth-order valence-electron chi connectivity index (χ4n) is 2.45. The van der Waals surface area contributed by atoms with Crippen molar-refractivity contribution in [2.45, 2.75) is 26.6 Å². The molecule has 2 heterocycles. The first-order valence-electron chi connectivity index (χ1n) is 7.75. The first kappa shape index (κ1) is 18.2. The van der Waals surface area contributed by atoms with Crippen LogP contribution < -0.4 is 17.1 Å². The maximum Gasteiger partial charge on any atom is 0.336 e. The van der Waals surface area contributed by atoms with Crippen LogP contribution in [-0.4, -0.2) is 40.1 Å². The first-order chi connectivity index (χ1) is 11.4. The highest BCUT2D eigenvalue weighted by Gasteiger charge is 2.33. The van der Waals surface area contributed by atoms with E-state index in [4.69, 9.17) is 9.47 Å². The molecule has 24 heavy (non-hydrogen) atoms. The van der Waals surface area contributed by atoms with E-state index < -0.39 is 17.1 Å². The van der Waals surface area contributed by atoms with Crippen molar-refractivity contribution in [1.29, 1.82) is 0 Å². The third kappa shape index (κ3) is 3.65. The predicted octanol–water partition coefficient (Wildman–Crippen LogP) is -0.403. The smallest absolute Gasteiger partial charge is 0.336 e. The molecule has 0 amide bonds. The molecule has 1 aromatic rings. The van der Waals surface area contributed by atoms with Gasteiger partial charge in [0.25, 0.3) is 0 Å². The number of allylic oxidation sites excluding steroid dienone is 2. The number of hydrogen-bond donors (Lipinski definition) is 0. The van der Waals surface area contributed by atoms with Crippen molar-refractivity contribution in [1.82, 2.24) is 13.7 Å². The van der Waals surface area contributed by atoms with Crippen LogP contribution in [0, 0.1) is 5.41 Å². The summed E-state index contributed by atoms with van der Waals surface area (Å²) in [4.78, 5) is 37.0. The molecule has 0 atom stereocenters. The summed E-state index contributed by atoms with van der Waals surface area (Å²) in [5, 5.41) is 0. The number of ether oxygens (including phenoxy) is 2. The van der Waals surface area contributed by atoms with Gasteiger partial charge in [-0.05, 0) is 0 Å². The van der Waals surface area contributed by atoms with Crippen molar-refractivity contribution in [3.8, 4) is 0 Å². The van der Waals surface area contributed by atoms with Gasteiger partial charge in [0.05, 0.1) is 46.1 Å². The molecule has 0 aliphatic carbocycles. The van der Waals surface area contributed by atoms with Crippen LogP contribution in [0.15, 0.2) is 39.7 Å². The Hall–Kier alpha value is -2.19. The summed E-state index contributed by atoms with van der Waals surface area (Å²) in [5.41, 5.74) is -1.99. The van der Waals surface area contributed by atoms with Crippen LogP contribution in [0.5, 0.6) is 0 Å². The van der Waals surface area contributed by atoms with E-state index in [9.17, 15) is 14.4 Å². The lowest BCUT2D eigenvalue weighted by atomic mass is 9.90. The second-order valence-corrected chi connectivity index (χ2v) is 6.15. The summed E-state index contributed by atoms with van der Waals surface area (Å²) < 4.78 is 13.7. The van der Waals surface area contributed by atoms with Gasteiger partial charge in [-0.2, -0.15) is 0 Å². The van der Waals surface area contributed by atoms with Crippen molar-refractivity contribution in [3.05, 3.63) is 56.8 Å². The zero-order valence-electron chi connectivity index (χ0n) is 13.9. The second-order valence-electron chi connectivity index (χ2n) is 6.15. The zero-order chi connectivity index (χ0) is 17.7. The molecule has 0 N–H and O–H groups in total. The molecule has 0 radical (unpaired) electrons. The Morgan fingerprint density at radius 2 is 1.54 bits per heavy atom. The average molecular weight is 337 g/mol. The molecule has 8 nitrogen and oxygen atoms in total. The molecule has 0 unspecified atom stereocenters. The molecule has 1 fully saturated rings. The summed E-state index contributed by atoms with van der Waals surface area (Å²) in [6, 6.07) is 0. The molecule has 1 aliphatic rings. The molecule has 0 spiro atoms. The number of aromatic nitrogens is 3. The van der Waals surface area contributed by atoms with E-state index >= 15 is 0 Å². The third-order valence-corrected chi connectivity index (χ3v) is 3.82. The summed E-state index contributed by atoms with van der Waals surface area (Å²) in [6.07, 6.45) is 2.87. The van der Waals surface area contributed by atoms with Crippen LogP contribution in [0.2, 0.25) is 0 Å². The highest BCUT2D eigenvalue weighted by molar-refractivity contribution is 4.85. The maximum absolute atomic E-state index is 12.4. The summed E-state index contributed by atoms with van der Waals surface area (Å²) in [5.74, 6) is 0. The SMILES string of the molecule is C=CCn1c(=O)n(CC=C)c(=O)n(CCOCC2(C)COC2)c1=O. The molecular weight excluding hydrogens is 314 g/mol. The Morgan fingerprint density at radius 1 is 1.04 bits per heavy atom. The van der Waals surface area contributed by atoms with E-state index in [1.807, 2.05) is 6.92 Å². The minimum Gasteiger partial charge on any atom is -0.380 e. The van der Waals surface area contributed by atoms with E-state index in [2.05, 4.69) is 13.2 Å². The zero-order valence-corrected chi connectivity index (χ0v) is 13.9. The van der Waals surface area contributed by atoms with Gasteiger partial charge in [-0.1, -0.05) is 19.1 Å². The lowest BCUT2D eigenvalue weighted by Gasteiger charge is -2.37. The monoisotopic (exact) mass is 337 g/mol. The van der Waals surface area contributed by atoms with E-state index in [0.717, 1.165) is 13.7 Å². The van der Waals surface area contributed by atoms with Gasteiger partial charge in [-0.25, -0.2) is 28.1 Å². The maximum atomic E-state index is 12.4. The van der Waals surface area contributed by atoms with E-state index in [0.29, 0.717) is 19.8 Å². The van der Waals surface area contributed by atoms with Gasteiger partial charge in [-0.15, -0.1) is 13.2 Å².